The van der Waals surface area contributed by atoms with Crippen molar-refractivity contribution in [2.24, 2.45) is 0 Å². The van der Waals surface area contributed by atoms with Crippen LogP contribution in [0.5, 0.6) is 0 Å². The number of aromatic nitrogens is 1. The lowest BCUT2D eigenvalue weighted by molar-refractivity contribution is -0.147. The molecule has 0 atom stereocenters. The fraction of sp³-hybridized carbons (Fsp3) is 0.389. The Labute approximate surface area is 167 Å². The Kier molecular flexibility index (Phi) is 6.96. The Bertz CT molecular complexity index is 921. The van der Waals surface area contributed by atoms with Gasteiger partial charge in [0.25, 0.3) is 5.91 Å². The number of esters is 1. The Morgan fingerprint density at radius 3 is 2.52 bits per heavy atom. The zero-order chi connectivity index (χ0) is 20.7. The average molecular weight is 423 g/mol. The number of hydrogen-bond donors (Lipinski definition) is 1. The average Bonchev–Trinajstić information content (AvgIpc) is 3.24. The first-order valence-corrected chi connectivity index (χ1v) is 10.4. The normalized spacial score (nSPS) is 15.0. The van der Waals surface area contributed by atoms with Crippen molar-refractivity contribution in [2.45, 2.75) is 17.7 Å². The van der Waals surface area contributed by atoms with Crippen LogP contribution in [0.4, 0.5) is 5.82 Å². The van der Waals surface area contributed by atoms with Crippen molar-refractivity contribution in [1.82, 2.24) is 9.46 Å². The van der Waals surface area contributed by atoms with E-state index in [9.17, 15) is 18.0 Å². The SMILES string of the molecule is O=C(COC(=O)CCc1ccc(S(=O)(=O)N2CCOCC2)cc1)Nc1ccon1. The summed E-state index contributed by atoms with van der Waals surface area (Å²) in [5.41, 5.74) is 0.787. The Hall–Kier alpha value is -2.76. The fourth-order valence-electron chi connectivity index (χ4n) is 2.68. The Morgan fingerprint density at radius 2 is 1.86 bits per heavy atom. The minimum Gasteiger partial charge on any atom is -0.456 e. The number of nitrogens with one attached hydrogen (secondary N) is 1. The molecule has 2 heterocycles. The number of benzene rings is 1. The Morgan fingerprint density at radius 1 is 1.14 bits per heavy atom. The van der Waals surface area contributed by atoms with Crippen LogP contribution in [0.25, 0.3) is 0 Å². The van der Waals surface area contributed by atoms with Crippen LogP contribution >= 0.6 is 0 Å². The van der Waals surface area contributed by atoms with Crippen LogP contribution in [0, 0.1) is 0 Å². The summed E-state index contributed by atoms with van der Waals surface area (Å²) >= 11 is 0. The van der Waals surface area contributed by atoms with E-state index in [1.807, 2.05) is 0 Å². The second-order valence-electron chi connectivity index (χ2n) is 6.25. The first-order valence-electron chi connectivity index (χ1n) is 8.98. The minimum atomic E-state index is -3.54. The molecule has 0 spiro atoms. The molecule has 0 aliphatic carbocycles. The van der Waals surface area contributed by atoms with Gasteiger partial charge in [0, 0.05) is 25.6 Å². The van der Waals surface area contributed by atoms with Gasteiger partial charge in [-0.25, -0.2) is 8.42 Å². The number of aryl methyl sites for hydroxylation is 1. The predicted octanol–water partition coefficient (Wildman–Crippen LogP) is 0.810. The van der Waals surface area contributed by atoms with Crippen molar-refractivity contribution < 1.29 is 32.0 Å². The first kappa shape index (κ1) is 21.0. The van der Waals surface area contributed by atoms with Crippen LogP contribution in [0.3, 0.4) is 0 Å². The number of nitrogens with zero attached hydrogens (tertiary/aromatic N) is 2. The van der Waals surface area contributed by atoms with Gasteiger partial charge in [-0.2, -0.15) is 4.31 Å². The number of carbonyl (C=O) groups excluding carboxylic acids is 2. The highest BCUT2D eigenvalue weighted by molar-refractivity contribution is 7.89. The first-order chi connectivity index (χ1) is 13.9. The molecular formula is C18H21N3O7S. The highest BCUT2D eigenvalue weighted by Gasteiger charge is 2.26. The van der Waals surface area contributed by atoms with Gasteiger partial charge in [-0.15, -0.1) is 0 Å². The largest absolute Gasteiger partial charge is 0.456 e. The molecule has 0 unspecified atom stereocenters. The molecule has 1 aliphatic rings. The lowest BCUT2D eigenvalue weighted by Gasteiger charge is -2.26. The van der Waals surface area contributed by atoms with E-state index in [1.54, 1.807) is 12.1 Å². The Balaban J connectivity index is 1.44. The maximum absolute atomic E-state index is 12.6. The molecule has 1 saturated heterocycles. The maximum Gasteiger partial charge on any atom is 0.306 e. The van der Waals surface area contributed by atoms with E-state index in [1.165, 1.54) is 28.8 Å². The van der Waals surface area contributed by atoms with Gasteiger partial charge >= 0.3 is 5.97 Å². The third kappa shape index (κ3) is 5.86. The number of anilines is 1. The molecule has 2 aromatic rings. The van der Waals surface area contributed by atoms with Gasteiger partial charge in [-0.3, -0.25) is 9.59 Å². The van der Waals surface area contributed by atoms with Crippen LogP contribution in [-0.4, -0.2) is 62.7 Å². The number of hydrogen-bond acceptors (Lipinski definition) is 8. The van der Waals surface area contributed by atoms with E-state index >= 15 is 0 Å². The van der Waals surface area contributed by atoms with E-state index in [4.69, 9.17) is 9.47 Å². The van der Waals surface area contributed by atoms with Gasteiger partial charge in [0.05, 0.1) is 18.1 Å². The van der Waals surface area contributed by atoms with Crippen molar-refractivity contribution in [3.8, 4) is 0 Å². The minimum absolute atomic E-state index is 0.0623. The van der Waals surface area contributed by atoms with E-state index in [0.29, 0.717) is 32.7 Å². The molecule has 1 N–H and O–H groups in total. The van der Waals surface area contributed by atoms with Gasteiger partial charge in [0.15, 0.2) is 12.4 Å². The van der Waals surface area contributed by atoms with Crippen LogP contribution in [-0.2, 0) is 35.5 Å². The van der Waals surface area contributed by atoms with Gasteiger partial charge in [0.1, 0.15) is 6.26 Å². The molecule has 1 aromatic carbocycles. The summed E-state index contributed by atoms with van der Waals surface area (Å²) in [5.74, 6) is -0.826. The van der Waals surface area contributed by atoms with Crippen molar-refractivity contribution in [3.05, 3.63) is 42.2 Å². The molecule has 1 amide bonds. The smallest absolute Gasteiger partial charge is 0.306 e. The van der Waals surface area contributed by atoms with Crippen molar-refractivity contribution in [3.63, 3.8) is 0 Å². The molecule has 3 rings (SSSR count). The van der Waals surface area contributed by atoms with Gasteiger partial charge in [-0.1, -0.05) is 17.3 Å². The number of amides is 1. The summed E-state index contributed by atoms with van der Waals surface area (Å²) in [6.45, 7) is 1.01. The molecule has 1 aliphatic heterocycles. The third-order valence-corrected chi connectivity index (χ3v) is 6.13. The summed E-state index contributed by atoms with van der Waals surface area (Å²) in [6, 6.07) is 7.84. The number of rotatable bonds is 8. The summed E-state index contributed by atoms with van der Waals surface area (Å²) in [5, 5.41) is 5.92. The molecule has 29 heavy (non-hydrogen) atoms. The summed E-state index contributed by atoms with van der Waals surface area (Å²) < 4.78 is 41.2. The summed E-state index contributed by atoms with van der Waals surface area (Å²) in [6.07, 6.45) is 1.73. The number of carbonyl (C=O) groups is 2. The van der Waals surface area contributed by atoms with Crippen molar-refractivity contribution >= 4 is 27.7 Å². The molecule has 156 valence electrons. The highest BCUT2D eigenvalue weighted by Crippen LogP contribution is 2.18. The zero-order valence-corrected chi connectivity index (χ0v) is 16.4. The van der Waals surface area contributed by atoms with Crippen LogP contribution in [0.2, 0.25) is 0 Å². The summed E-state index contributed by atoms with van der Waals surface area (Å²) in [7, 11) is -3.54. The van der Waals surface area contributed by atoms with Crippen LogP contribution in [0.15, 0.2) is 46.0 Å². The fourth-order valence-corrected chi connectivity index (χ4v) is 4.09. The summed E-state index contributed by atoms with van der Waals surface area (Å²) in [4.78, 5) is 23.6. The van der Waals surface area contributed by atoms with E-state index in [-0.39, 0.29) is 17.1 Å². The van der Waals surface area contributed by atoms with E-state index < -0.39 is 28.5 Å². The quantitative estimate of drug-likeness (QED) is 0.618. The van der Waals surface area contributed by atoms with Crippen molar-refractivity contribution in [1.29, 1.82) is 0 Å². The molecule has 0 radical (unpaired) electrons. The predicted molar refractivity (Wildman–Crippen MR) is 100 cm³/mol. The standard InChI is InChI=1S/C18H21N3O7S/c22-17(19-16-7-10-28-20-16)13-27-18(23)6-3-14-1-4-15(5-2-14)29(24,25)21-8-11-26-12-9-21/h1-2,4-5,7,10H,3,6,8-9,11-13H2,(H,19,20,22). The molecule has 10 nitrogen and oxygen atoms in total. The molecule has 1 fully saturated rings. The van der Waals surface area contributed by atoms with Crippen molar-refractivity contribution in [2.75, 3.05) is 38.2 Å². The van der Waals surface area contributed by atoms with Gasteiger partial charge < -0.3 is 19.3 Å². The lowest BCUT2D eigenvalue weighted by Crippen LogP contribution is -2.40. The third-order valence-electron chi connectivity index (χ3n) is 4.22. The maximum atomic E-state index is 12.6. The van der Waals surface area contributed by atoms with E-state index in [0.717, 1.165) is 5.56 Å². The number of sulfonamides is 1. The van der Waals surface area contributed by atoms with Gasteiger partial charge in [0.2, 0.25) is 10.0 Å². The molecular weight excluding hydrogens is 402 g/mol. The molecule has 0 bridgehead atoms. The van der Waals surface area contributed by atoms with E-state index in [2.05, 4.69) is 15.0 Å². The number of morpholine rings is 1. The van der Waals surface area contributed by atoms with Crippen LogP contribution < -0.4 is 5.32 Å². The number of ether oxygens (including phenoxy) is 2. The molecule has 0 saturated carbocycles. The lowest BCUT2D eigenvalue weighted by atomic mass is 10.1. The second-order valence-corrected chi connectivity index (χ2v) is 8.19. The zero-order valence-electron chi connectivity index (χ0n) is 15.6. The molecule has 11 heteroatoms. The monoisotopic (exact) mass is 423 g/mol. The highest BCUT2D eigenvalue weighted by atomic mass is 32.2. The van der Waals surface area contributed by atoms with Gasteiger partial charge in [-0.05, 0) is 24.1 Å². The van der Waals surface area contributed by atoms with Crippen LogP contribution in [0.1, 0.15) is 12.0 Å². The topological polar surface area (TPSA) is 128 Å². The second kappa shape index (κ2) is 9.63. The molecule has 1 aromatic heterocycles.